The molecule has 3 amide bonds. The fourth-order valence-corrected chi connectivity index (χ4v) is 4.41. The maximum atomic E-state index is 13.2. The zero-order chi connectivity index (χ0) is 25.1. The van der Waals surface area contributed by atoms with E-state index in [-0.39, 0.29) is 12.3 Å². The predicted octanol–water partition coefficient (Wildman–Crippen LogP) is 5.25. The number of carbonyl (C=O) groups excluding carboxylic acids is 2. The number of carbonyl (C=O) groups is 3. The summed E-state index contributed by atoms with van der Waals surface area (Å²) in [6.07, 6.45) is 0.543. The van der Waals surface area contributed by atoms with Crippen LogP contribution in [0.25, 0.3) is 0 Å². The summed E-state index contributed by atoms with van der Waals surface area (Å²) in [6.45, 7) is 6.10. The summed E-state index contributed by atoms with van der Waals surface area (Å²) in [5.74, 6) is 5.90. The molecule has 0 aliphatic rings. The van der Waals surface area contributed by atoms with Gasteiger partial charge in [0.1, 0.15) is 6.04 Å². The number of carboxylic acids is 1. The largest absolute Gasteiger partial charge is 0.480 e. The molecule has 0 saturated heterocycles. The fourth-order valence-electron chi connectivity index (χ4n) is 2.94. The minimum Gasteiger partial charge on any atom is -0.480 e. The molecule has 6 nitrogen and oxygen atoms in total. The molecule has 0 bridgehead atoms. The number of benzene rings is 2. The number of amides is 3. The van der Waals surface area contributed by atoms with Crippen molar-refractivity contribution in [3.63, 3.8) is 0 Å². The van der Waals surface area contributed by atoms with Crippen LogP contribution in [-0.4, -0.2) is 52.0 Å². The van der Waals surface area contributed by atoms with Crippen molar-refractivity contribution < 1.29 is 19.5 Å². The molecule has 0 aliphatic carbocycles. The van der Waals surface area contributed by atoms with E-state index in [0.717, 1.165) is 20.7 Å². The third-order valence-electron chi connectivity index (χ3n) is 4.55. The molecule has 2 rings (SSSR count). The molecule has 0 fully saturated rings. The van der Waals surface area contributed by atoms with E-state index in [1.54, 1.807) is 24.3 Å². The lowest BCUT2D eigenvalue weighted by atomic mass is 10.1. The molecular formula is C26H29BrN2O4S. The lowest BCUT2D eigenvalue weighted by Crippen LogP contribution is -2.51. The minimum atomic E-state index is -1.13. The van der Waals surface area contributed by atoms with E-state index in [2.05, 4.69) is 33.1 Å². The fraction of sp³-hybridized carbons (Fsp3) is 0.346. The van der Waals surface area contributed by atoms with Crippen molar-refractivity contribution in [1.82, 2.24) is 10.2 Å². The SMILES string of the molecule is CCCN(C(=O)N[C@@H](CSCC(C)C)C(=O)O)C(=O)c1cccc(C#Cc2cccc(Br)c2)c1. The number of urea groups is 1. The summed E-state index contributed by atoms with van der Waals surface area (Å²) >= 11 is 4.87. The number of carboxylic acid groups (broad SMARTS) is 1. The van der Waals surface area contributed by atoms with Crippen LogP contribution in [0.1, 0.15) is 48.7 Å². The maximum Gasteiger partial charge on any atom is 0.327 e. The van der Waals surface area contributed by atoms with Crippen molar-refractivity contribution in [3.8, 4) is 11.8 Å². The Labute approximate surface area is 213 Å². The summed E-state index contributed by atoms with van der Waals surface area (Å²) in [5, 5.41) is 12.0. The lowest BCUT2D eigenvalue weighted by molar-refractivity contribution is -0.138. The Hall–Kier alpha value is -2.76. The van der Waals surface area contributed by atoms with E-state index >= 15 is 0 Å². The van der Waals surface area contributed by atoms with Gasteiger partial charge in [0.05, 0.1) is 0 Å². The van der Waals surface area contributed by atoms with Crippen molar-refractivity contribution in [1.29, 1.82) is 0 Å². The van der Waals surface area contributed by atoms with Crippen LogP contribution in [0.3, 0.4) is 0 Å². The van der Waals surface area contributed by atoms with Crippen LogP contribution in [0.15, 0.2) is 53.0 Å². The van der Waals surface area contributed by atoms with Gasteiger partial charge in [0.2, 0.25) is 0 Å². The molecule has 2 N–H and O–H groups in total. The Morgan fingerprint density at radius 3 is 2.29 bits per heavy atom. The van der Waals surface area contributed by atoms with Gasteiger partial charge >= 0.3 is 12.0 Å². The number of nitrogens with zero attached hydrogens (tertiary/aromatic N) is 1. The first-order valence-corrected chi connectivity index (χ1v) is 13.0. The second-order valence-electron chi connectivity index (χ2n) is 8.07. The summed E-state index contributed by atoms with van der Waals surface area (Å²) in [4.78, 5) is 38.7. The first-order chi connectivity index (χ1) is 16.2. The van der Waals surface area contributed by atoms with E-state index < -0.39 is 23.9 Å². The number of halogens is 1. The third-order valence-corrected chi connectivity index (χ3v) is 6.52. The molecule has 0 aromatic heterocycles. The highest BCUT2D eigenvalue weighted by molar-refractivity contribution is 9.10. The Morgan fingerprint density at radius 1 is 1.06 bits per heavy atom. The van der Waals surface area contributed by atoms with Gasteiger partial charge in [0, 0.05) is 33.5 Å². The normalized spacial score (nSPS) is 11.3. The first kappa shape index (κ1) is 27.5. The smallest absolute Gasteiger partial charge is 0.327 e. The van der Waals surface area contributed by atoms with Gasteiger partial charge in [-0.3, -0.25) is 9.69 Å². The average molecular weight is 545 g/mol. The third kappa shape index (κ3) is 8.88. The number of thioether (sulfide) groups is 1. The Kier molecular flexibility index (Phi) is 11.2. The van der Waals surface area contributed by atoms with Gasteiger partial charge in [-0.25, -0.2) is 9.59 Å². The van der Waals surface area contributed by atoms with Crippen LogP contribution in [0.4, 0.5) is 4.79 Å². The average Bonchev–Trinajstić information content (AvgIpc) is 2.80. The van der Waals surface area contributed by atoms with Gasteiger partial charge in [0.15, 0.2) is 0 Å². The Morgan fingerprint density at radius 2 is 1.71 bits per heavy atom. The Bertz CT molecular complexity index is 1080. The molecule has 0 saturated carbocycles. The minimum absolute atomic E-state index is 0.171. The van der Waals surface area contributed by atoms with Crippen LogP contribution in [0.5, 0.6) is 0 Å². The number of hydrogen-bond acceptors (Lipinski definition) is 4. The van der Waals surface area contributed by atoms with Crippen LogP contribution in [-0.2, 0) is 4.79 Å². The molecule has 0 heterocycles. The topological polar surface area (TPSA) is 86.7 Å². The molecular weight excluding hydrogens is 516 g/mol. The van der Waals surface area contributed by atoms with Crippen LogP contribution in [0, 0.1) is 17.8 Å². The van der Waals surface area contributed by atoms with Crippen molar-refractivity contribution in [3.05, 3.63) is 69.7 Å². The standard InChI is InChI=1S/C26H29BrN2O4S/c1-4-13-29(26(33)28-23(25(31)32)17-34-16-18(2)3)24(30)21-9-5-7-19(14-21)11-12-20-8-6-10-22(27)15-20/h5-10,14-15,18,23H,4,13,16-17H2,1-3H3,(H,28,33)(H,31,32)/t23-/m0/s1. The second kappa shape index (κ2) is 13.8. The maximum absolute atomic E-state index is 13.2. The van der Waals surface area contributed by atoms with Crippen LogP contribution in [0.2, 0.25) is 0 Å². The molecule has 180 valence electrons. The molecule has 2 aromatic carbocycles. The first-order valence-electron chi connectivity index (χ1n) is 11.0. The van der Waals surface area contributed by atoms with Gasteiger partial charge in [0.25, 0.3) is 5.91 Å². The molecule has 8 heteroatoms. The van der Waals surface area contributed by atoms with Crippen molar-refractivity contribution in [2.75, 3.05) is 18.1 Å². The number of aliphatic carboxylic acids is 1. The molecule has 0 unspecified atom stereocenters. The second-order valence-corrected chi connectivity index (χ2v) is 10.1. The van der Waals surface area contributed by atoms with Crippen LogP contribution >= 0.6 is 27.7 Å². The van der Waals surface area contributed by atoms with E-state index in [0.29, 0.717) is 23.5 Å². The summed E-state index contributed by atoms with van der Waals surface area (Å²) < 4.78 is 0.923. The van der Waals surface area contributed by atoms with Gasteiger partial charge in [-0.15, -0.1) is 0 Å². The zero-order valence-corrected chi connectivity index (χ0v) is 21.9. The zero-order valence-electron chi connectivity index (χ0n) is 19.5. The Balaban J connectivity index is 2.17. The number of hydrogen-bond donors (Lipinski definition) is 2. The molecule has 2 aromatic rings. The highest BCUT2D eigenvalue weighted by atomic mass is 79.9. The molecule has 0 spiro atoms. The molecule has 0 radical (unpaired) electrons. The van der Waals surface area contributed by atoms with E-state index in [4.69, 9.17) is 0 Å². The van der Waals surface area contributed by atoms with Gasteiger partial charge in [-0.2, -0.15) is 11.8 Å². The lowest BCUT2D eigenvalue weighted by Gasteiger charge is -2.23. The van der Waals surface area contributed by atoms with Crippen molar-refractivity contribution in [2.45, 2.75) is 33.2 Å². The van der Waals surface area contributed by atoms with Gasteiger partial charge < -0.3 is 10.4 Å². The van der Waals surface area contributed by atoms with Crippen molar-refractivity contribution in [2.24, 2.45) is 5.92 Å². The molecule has 34 heavy (non-hydrogen) atoms. The predicted molar refractivity (Wildman–Crippen MR) is 140 cm³/mol. The van der Waals surface area contributed by atoms with Gasteiger partial charge in [-0.1, -0.05) is 60.7 Å². The van der Waals surface area contributed by atoms with Crippen LogP contribution < -0.4 is 5.32 Å². The highest BCUT2D eigenvalue weighted by Crippen LogP contribution is 2.13. The van der Waals surface area contributed by atoms with Gasteiger partial charge in [-0.05, 0) is 54.5 Å². The van der Waals surface area contributed by atoms with Crippen molar-refractivity contribution >= 4 is 45.6 Å². The van der Waals surface area contributed by atoms with E-state index in [1.165, 1.54) is 11.8 Å². The number of imide groups is 1. The molecule has 0 aliphatic heterocycles. The summed E-state index contributed by atoms with van der Waals surface area (Å²) in [5.41, 5.74) is 1.77. The van der Waals surface area contributed by atoms with E-state index in [1.807, 2.05) is 45.0 Å². The molecule has 1 atom stereocenters. The monoisotopic (exact) mass is 544 g/mol. The number of rotatable bonds is 9. The summed E-state index contributed by atoms with van der Waals surface area (Å²) in [7, 11) is 0. The van der Waals surface area contributed by atoms with E-state index in [9.17, 15) is 19.5 Å². The number of nitrogens with one attached hydrogen (secondary N) is 1. The quantitative estimate of drug-likeness (QED) is 0.421. The highest BCUT2D eigenvalue weighted by Gasteiger charge is 2.27. The summed E-state index contributed by atoms with van der Waals surface area (Å²) in [6, 6.07) is 12.6.